The Bertz CT molecular complexity index is 1950. The van der Waals surface area contributed by atoms with Crippen LogP contribution in [-0.4, -0.2) is 15.0 Å². The van der Waals surface area contributed by atoms with Crippen molar-refractivity contribution in [3.05, 3.63) is 126 Å². The van der Waals surface area contributed by atoms with Crippen LogP contribution in [0, 0.1) is 0 Å². The molecule has 0 radical (unpaired) electrons. The van der Waals surface area contributed by atoms with Gasteiger partial charge in [0.15, 0.2) is 17.5 Å². The summed E-state index contributed by atoms with van der Waals surface area (Å²) in [4.78, 5) is 14.7. The molecule has 8 rings (SSSR count). The third-order valence-corrected chi connectivity index (χ3v) is 8.75. The maximum atomic E-state index is 4.94. The molecular weight excluding hydrogens is 494 g/mol. The first kappa shape index (κ1) is 22.3. The van der Waals surface area contributed by atoms with Gasteiger partial charge in [-0.05, 0) is 59.4 Å². The van der Waals surface area contributed by atoms with E-state index < -0.39 is 0 Å². The molecule has 0 aliphatic heterocycles. The highest BCUT2D eigenvalue weighted by molar-refractivity contribution is 7.25. The number of hydrogen-bond donors (Lipinski definition) is 0. The van der Waals surface area contributed by atoms with E-state index in [1.165, 1.54) is 42.4 Å². The van der Waals surface area contributed by atoms with Gasteiger partial charge in [0.05, 0.1) is 0 Å². The predicted octanol–water partition coefficient (Wildman–Crippen LogP) is 9.01. The van der Waals surface area contributed by atoms with Gasteiger partial charge in [0.2, 0.25) is 0 Å². The van der Waals surface area contributed by atoms with E-state index >= 15 is 0 Å². The lowest BCUT2D eigenvalue weighted by Crippen LogP contribution is -2.05. The molecule has 0 saturated carbocycles. The molecule has 0 amide bonds. The molecule has 1 aliphatic rings. The summed E-state index contributed by atoms with van der Waals surface area (Å²) >= 11 is 1.88. The van der Waals surface area contributed by atoms with E-state index in [0.29, 0.717) is 17.5 Å². The molecular formula is C35H23N3S. The highest BCUT2D eigenvalue weighted by atomic mass is 32.1. The van der Waals surface area contributed by atoms with Crippen LogP contribution >= 0.6 is 11.3 Å². The largest absolute Gasteiger partial charge is 0.208 e. The first-order valence-electron chi connectivity index (χ1n) is 13.2. The highest BCUT2D eigenvalue weighted by Crippen LogP contribution is 2.42. The zero-order valence-corrected chi connectivity index (χ0v) is 22.0. The first-order chi connectivity index (χ1) is 19.3. The second-order valence-electron chi connectivity index (χ2n) is 10.0. The molecule has 1 aliphatic carbocycles. The Morgan fingerprint density at radius 3 is 1.72 bits per heavy atom. The van der Waals surface area contributed by atoms with Gasteiger partial charge >= 0.3 is 0 Å². The minimum Gasteiger partial charge on any atom is -0.208 e. The molecule has 5 aromatic carbocycles. The first-order valence-corrected chi connectivity index (χ1v) is 14.1. The van der Waals surface area contributed by atoms with E-state index in [9.17, 15) is 0 Å². The molecule has 0 N–H and O–H groups in total. The van der Waals surface area contributed by atoms with Crippen molar-refractivity contribution >= 4 is 31.5 Å². The number of benzene rings is 5. The van der Waals surface area contributed by atoms with E-state index in [1.807, 2.05) is 72.0 Å². The smallest absolute Gasteiger partial charge is 0.164 e. The van der Waals surface area contributed by atoms with Gasteiger partial charge < -0.3 is 0 Å². The maximum Gasteiger partial charge on any atom is 0.164 e. The van der Waals surface area contributed by atoms with Crippen LogP contribution in [0.15, 0.2) is 115 Å². The summed E-state index contributed by atoms with van der Waals surface area (Å²) in [5, 5.41) is 2.74. The van der Waals surface area contributed by atoms with Crippen LogP contribution in [0.5, 0.6) is 0 Å². The van der Waals surface area contributed by atoms with Crippen molar-refractivity contribution in [1.82, 2.24) is 15.0 Å². The monoisotopic (exact) mass is 517 g/mol. The lowest BCUT2D eigenvalue weighted by molar-refractivity contribution is 0.944. The number of thiophene rings is 1. The number of aryl methyl sites for hydroxylation is 2. The van der Waals surface area contributed by atoms with Crippen molar-refractivity contribution < 1.29 is 0 Å². The second-order valence-corrected chi connectivity index (χ2v) is 11.1. The Kier molecular flexibility index (Phi) is 5.13. The molecule has 7 aromatic rings. The fourth-order valence-electron chi connectivity index (χ4n) is 5.68. The fourth-order valence-corrected chi connectivity index (χ4v) is 6.81. The molecule has 184 valence electrons. The highest BCUT2D eigenvalue weighted by Gasteiger charge is 2.20. The number of fused-ring (bicyclic) bond motifs is 6. The lowest BCUT2D eigenvalue weighted by atomic mass is 9.84. The van der Waals surface area contributed by atoms with E-state index in [2.05, 4.69) is 54.6 Å². The molecule has 0 unspecified atom stereocenters. The van der Waals surface area contributed by atoms with E-state index in [4.69, 9.17) is 15.0 Å². The van der Waals surface area contributed by atoms with E-state index in [0.717, 1.165) is 29.5 Å². The van der Waals surface area contributed by atoms with Gasteiger partial charge in [-0.2, -0.15) is 0 Å². The van der Waals surface area contributed by atoms with Gasteiger partial charge in [0, 0.05) is 36.9 Å². The summed E-state index contributed by atoms with van der Waals surface area (Å²) in [6, 6.07) is 40.6. The molecule has 3 nitrogen and oxygen atoms in total. The van der Waals surface area contributed by atoms with Gasteiger partial charge in [-0.1, -0.05) is 91.0 Å². The fraction of sp³-hybridized carbons (Fsp3) is 0.0571. The van der Waals surface area contributed by atoms with Crippen LogP contribution in [0.25, 0.3) is 65.5 Å². The van der Waals surface area contributed by atoms with Crippen LogP contribution < -0.4 is 0 Å². The minimum absolute atomic E-state index is 0.690. The minimum atomic E-state index is 0.690. The van der Waals surface area contributed by atoms with Crippen LogP contribution in [0.4, 0.5) is 0 Å². The number of hydrogen-bond acceptors (Lipinski definition) is 4. The summed E-state index contributed by atoms with van der Waals surface area (Å²) in [5.74, 6) is 2.08. The normalized spacial score (nSPS) is 12.4. The average Bonchev–Trinajstić information content (AvgIpc) is 3.38. The van der Waals surface area contributed by atoms with Crippen molar-refractivity contribution in [3.8, 4) is 45.3 Å². The molecule has 0 saturated heterocycles. The summed E-state index contributed by atoms with van der Waals surface area (Å²) in [6.45, 7) is 0. The quantitative estimate of drug-likeness (QED) is 0.235. The molecule has 4 heteroatoms. The van der Waals surface area contributed by atoms with Gasteiger partial charge in [-0.25, -0.2) is 15.0 Å². The number of nitrogens with zero attached hydrogens (tertiary/aromatic N) is 3. The molecule has 0 spiro atoms. The topological polar surface area (TPSA) is 38.7 Å². The van der Waals surface area contributed by atoms with Crippen molar-refractivity contribution in [2.75, 3.05) is 0 Å². The average molecular weight is 518 g/mol. The van der Waals surface area contributed by atoms with Crippen molar-refractivity contribution in [1.29, 1.82) is 0 Å². The molecule has 0 fully saturated rings. The Morgan fingerprint density at radius 2 is 1.03 bits per heavy atom. The summed E-state index contributed by atoms with van der Waals surface area (Å²) in [5.41, 5.74) is 8.45. The van der Waals surface area contributed by atoms with Crippen LogP contribution in [-0.2, 0) is 12.8 Å². The third kappa shape index (κ3) is 3.84. The Morgan fingerprint density at radius 1 is 0.436 bits per heavy atom. The van der Waals surface area contributed by atoms with Gasteiger partial charge in [0.25, 0.3) is 0 Å². The Balaban J connectivity index is 1.26. The summed E-state index contributed by atoms with van der Waals surface area (Å²) in [7, 11) is 0. The predicted molar refractivity (Wildman–Crippen MR) is 162 cm³/mol. The molecule has 2 aromatic heterocycles. The van der Waals surface area contributed by atoms with Gasteiger partial charge in [-0.3, -0.25) is 0 Å². The van der Waals surface area contributed by atoms with Crippen molar-refractivity contribution in [2.24, 2.45) is 0 Å². The zero-order valence-electron chi connectivity index (χ0n) is 21.1. The van der Waals surface area contributed by atoms with Crippen molar-refractivity contribution in [3.63, 3.8) is 0 Å². The molecule has 39 heavy (non-hydrogen) atoms. The van der Waals surface area contributed by atoms with Crippen LogP contribution in [0.1, 0.15) is 11.1 Å². The van der Waals surface area contributed by atoms with Crippen LogP contribution in [0.3, 0.4) is 0 Å². The molecule has 2 heterocycles. The maximum absolute atomic E-state index is 4.94. The number of rotatable bonds is 3. The van der Waals surface area contributed by atoms with E-state index in [1.54, 1.807) is 0 Å². The second kappa shape index (κ2) is 8.97. The Hall–Kier alpha value is -4.67. The molecule has 0 atom stereocenters. The lowest BCUT2D eigenvalue weighted by Gasteiger charge is -2.21. The summed E-state index contributed by atoms with van der Waals surface area (Å²) in [6.07, 6.45) is 2.04. The summed E-state index contributed by atoms with van der Waals surface area (Å²) < 4.78 is 2.70. The van der Waals surface area contributed by atoms with Crippen molar-refractivity contribution in [2.45, 2.75) is 12.8 Å². The van der Waals surface area contributed by atoms with Gasteiger partial charge in [-0.15, -0.1) is 11.3 Å². The molecule has 0 bridgehead atoms. The van der Waals surface area contributed by atoms with E-state index in [-0.39, 0.29) is 0 Å². The SMILES string of the molecule is c1ccc(-c2nc(-c3ccccc3)nc(-c3ccc4c(c3)CCc3cc5c(cc3-4)sc3ccccc35)n2)cc1. The third-order valence-electron chi connectivity index (χ3n) is 7.62. The standard InChI is InChI=1S/C35H23N3S/c1-3-9-22(10-4-1)33-36-34(23-11-5-2-6-12-23)38-35(37-33)26-17-18-27-24(19-26)15-16-25-20-30-28-13-7-8-14-31(28)39-32(30)21-29(25)27/h1-14,17-21H,15-16H2. The zero-order chi connectivity index (χ0) is 25.8. The Labute approximate surface area is 230 Å². The van der Waals surface area contributed by atoms with Gasteiger partial charge in [0.1, 0.15) is 0 Å². The van der Waals surface area contributed by atoms with Crippen LogP contribution in [0.2, 0.25) is 0 Å². The number of aromatic nitrogens is 3.